The average molecular weight is 541 g/mol. The summed E-state index contributed by atoms with van der Waals surface area (Å²) >= 11 is 0. The van der Waals surface area contributed by atoms with Crippen molar-refractivity contribution in [3.05, 3.63) is 101 Å². The number of allylic oxidation sites excluding steroid dienone is 1. The van der Waals surface area contributed by atoms with E-state index in [9.17, 15) is 9.90 Å². The molecule has 10 nitrogen and oxygen atoms in total. The number of nitrogens with one attached hydrogen (secondary N) is 2. The molecule has 0 bridgehead atoms. The van der Waals surface area contributed by atoms with Gasteiger partial charge < -0.3 is 25.2 Å². The van der Waals surface area contributed by atoms with Crippen molar-refractivity contribution < 1.29 is 19.4 Å². The number of aromatic nitrogens is 4. The summed E-state index contributed by atoms with van der Waals surface area (Å²) in [5.41, 5.74) is 3.55. The number of amides is 1. The van der Waals surface area contributed by atoms with E-state index in [1.165, 1.54) is 0 Å². The molecule has 2 aromatic heterocycles. The third kappa shape index (κ3) is 5.97. The molecule has 0 radical (unpaired) electrons. The number of nitrogens with zero attached hydrogens (tertiary/aromatic N) is 4. The minimum absolute atomic E-state index is 0.0406. The number of aliphatic hydroxyl groups is 1. The lowest BCUT2D eigenvalue weighted by Gasteiger charge is -2.29. The van der Waals surface area contributed by atoms with Crippen LogP contribution in [0.1, 0.15) is 43.3 Å². The minimum Gasteiger partial charge on any atom is -0.490 e. The summed E-state index contributed by atoms with van der Waals surface area (Å²) in [5.74, 6) is 1.99. The molecule has 2 aromatic carbocycles. The lowest BCUT2D eigenvalue weighted by Crippen LogP contribution is -2.31. The van der Waals surface area contributed by atoms with E-state index in [0.29, 0.717) is 66.3 Å². The highest BCUT2D eigenvalue weighted by Crippen LogP contribution is 2.39. The number of fused-ring (bicyclic) bond motifs is 1. The number of ether oxygens (including phenoxy) is 2. The first kappa shape index (κ1) is 26.9. The predicted octanol–water partition coefficient (Wildman–Crippen LogP) is 4.50. The first-order valence-corrected chi connectivity index (χ1v) is 13.3. The molecule has 1 amide bonds. The van der Waals surface area contributed by atoms with Gasteiger partial charge in [-0.2, -0.15) is 10.1 Å². The van der Waals surface area contributed by atoms with Crippen molar-refractivity contribution in [1.29, 1.82) is 0 Å². The summed E-state index contributed by atoms with van der Waals surface area (Å²) in [6, 6.07) is 18.5. The molecule has 1 atom stereocenters. The molecule has 1 aliphatic rings. The van der Waals surface area contributed by atoms with Crippen LogP contribution < -0.4 is 20.1 Å². The molecule has 206 valence electrons. The normalized spacial score (nSPS) is 14.3. The summed E-state index contributed by atoms with van der Waals surface area (Å²) in [4.78, 5) is 22.4. The van der Waals surface area contributed by atoms with Gasteiger partial charge in [0.25, 0.3) is 5.91 Å². The van der Waals surface area contributed by atoms with Crippen LogP contribution in [0.15, 0.2) is 84.3 Å². The Hall–Kier alpha value is -4.70. The molecular weight excluding hydrogens is 508 g/mol. The number of rotatable bonds is 11. The Morgan fingerprint density at radius 3 is 2.70 bits per heavy atom. The molecule has 0 fully saturated rings. The Balaban J connectivity index is 1.53. The number of hydrogen-bond acceptors (Lipinski definition) is 8. The van der Waals surface area contributed by atoms with E-state index >= 15 is 0 Å². The Kier molecular flexibility index (Phi) is 8.36. The molecule has 0 unspecified atom stereocenters. The fraction of sp³-hybridized carbons (Fsp3) is 0.267. The highest BCUT2D eigenvalue weighted by Gasteiger charge is 2.35. The van der Waals surface area contributed by atoms with Crippen LogP contribution in [0.2, 0.25) is 0 Å². The third-order valence-electron chi connectivity index (χ3n) is 6.44. The number of aryl methyl sites for hydroxylation is 1. The summed E-state index contributed by atoms with van der Waals surface area (Å²) in [6.45, 7) is 4.64. The first-order valence-electron chi connectivity index (χ1n) is 13.3. The molecule has 0 saturated carbocycles. The van der Waals surface area contributed by atoms with E-state index in [4.69, 9.17) is 14.6 Å². The summed E-state index contributed by atoms with van der Waals surface area (Å²) in [7, 11) is 0. The van der Waals surface area contributed by atoms with Gasteiger partial charge in [0.05, 0.1) is 24.1 Å². The Bertz CT molecular complexity index is 1490. The standard InChI is InChI=1S/C30H32N6O4/c1-3-39-25-17-22(13-14-24(25)40-19-21-9-5-4-6-10-21)28-27(29(38)33-23-11-7-15-31-18-23)20(2)32-30-34-26(12-8-16-37)35-36(28)30/h4-7,9-11,13-15,17-18,28,37H,3,8,12,16,19H2,1-2H3,(H,33,38)(H,32,34,35)/t28-/m0/s1. The van der Waals surface area contributed by atoms with Crippen LogP contribution in [-0.4, -0.2) is 44.0 Å². The van der Waals surface area contributed by atoms with Gasteiger partial charge in [0.15, 0.2) is 17.3 Å². The molecule has 1 aliphatic heterocycles. The van der Waals surface area contributed by atoms with Crippen LogP contribution in [-0.2, 0) is 17.8 Å². The minimum atomic E-state index is -0.592. The van der Waals surface area contributed by atoms with Gasteiger partial charge in [-0.15, -0.1) is 0 Å². The zero-order valence-corrected chi connectivity index (χ0v) is 22.5. The maximum atomic E-state index is 13.7. The molecule has 10 heteroatoms. The van der Waals surface area contributed by atoms with E-state index in [1.54, 1.807) is 29.2 Å². The largest absolute Gasteiger partial charge is 0.490 e. The number of benzene rings is 2. The monoisotopic (exact) mass is 540 g/mol. The molecule has 0 saturated heterocycles. The van der Waals surface area contributed by atoms with Gasteiger partial charge in [0.1, 0.15) is 12.6 Å². The van der Waals surface area contributed by atoms with Gasteiger partial charge in [0.2, 0.25) is 5.95 Å². The maximum absolute atomic E-state index is 13.7. The van der Waals surface area contributed by atoms with Crippen LogP contribution in [0.4, 0.5) is 11.6 Å². The van der Waals surface area contributed by atoms with Crippen molar-refractivity contribution in [3.8, 4) is 11.5 Å². The third-order valence-corrected chi connectivity index (χ3v) is 6.44. The van der Waals surface area contributed by atoms with Crippen molar-refractivity contribution in [2.75, 3.05) is 23.8 Å². The first-order chi connectivity index (χ1) is 19.6. The van der Waals surface area contributed by atoms with Crippen molar-refractivity contribution in [3.63, 3.8) is 0 Å². The van der Waals surface area contributed by atoms with Gasteiger partial charge in [-0.3, -0.25) is 9.78 Å². The summed E-state index contributed by atoms with van der Waals surface area (Å²) in [6.07, 6.45) is 4.30. The van der Waals surface area contributed by atoms with Crippen molar-refractivity contribution >= 4 is 17.5 Å². The van der Waals surface area contributed by atoms with Gasteiger partial charge in [0, 0.05) is 24.9 Å². The Morgan fingerprint density at radius 2 is 1.95 bits per heavy atom. The highest BCUT2D eigenvalue weighted by atomic mass is 16.5. The summed E-state index contributed by atoms with van der Waals surface area (Å²) in [5, 5.41) is 20.2. The molecule has 0 spiro atoms. The van der Waals surface area contributed by atoms with E-state index in [1.807, 2.05) is 62.4 Å². The smallest absolute Gasteiger partial charge is 0.255 e. The summed E-state index contributed by atoms with van der Waals surface area (Å²) < 4.78 is 13.8. The van der Waals surface area contributed by atoms with Gasteiger partial charge in [-0.25, -0.2) is 4.68 Å². The SMILES string of the molecule is CCOc1cc([C@H]2C(C(=O)Nc3cccnc3)=C(C)Nc3nc(CCCO)nn32)ccc1OCc1ccccc1. The topological polar surface area (TPSA) is 123 Å². The van der Waals surface area contributed by atoms with Crippen LogP contribution >= 0.6 is 0 Å². The van der Waals surface area contributed by atoms with E-state index in [2.05, 4.69) is 20.6 Å². The zero-order valence-electron chi connectivity index (χ0n) is 22.5. The fourth-order valence-corrected chi connectivity index (χ4v) is 4.59. The average Bonchev–Trinajstić information content (AvgIpc) is 3.38. The number of pyridine rings is 1. The van der Waals surface area contributed by atoms with Crippen LogP contribution in [0, 0.1) is 0 Å². The van der Waals surface area contributed by atoms with Crippen LogP contribution in [0.25, 0.3) is 0 Å². The number of hydrogen-bond donors (Lipinski definition) is 3. The lowest BCUT2D eigenvalue weighted by molar-refractivity contribution is -0.113. The highest BCUT2D eigenvalue weighted by molar-refractivity contribution is 6.05. The van der Waals surface area contributed by atoms with E-state index < -0.39 is 6.04 Å². The van der Waals surface area contributed by atoms with E-state index in [-0.39, 0.29) is 12.5 Å². The van der Waals surface area contributed by atoms with Crippen LogP contribution in [0.3, 0.4) is 0 Å². The molecule has 3 heterocycles. The second-order valence-electron chi connectivity index (χ2n) is 9.30. The van der Waals surface area contributed by atoms with Crippen molar-refractivity contribution in [1.82, 2.24) is 19.7 Å². The second kappa shape index (κ2) is 12.4. The Labute approximate surface area is 232 Å². The molecule has 40 heavy (non-hydrogen) atoms. The number of anilines is 2. The van der Waals surface area contributed by atoms with Crippen molar-refractivity contribution in [2.24, 2.45) is 0 Å². The zero-order chi connectivity index (χ0) is 27.9. The van der Waals surface area contributed by atoms with E-state index in [0.717, 1.165) is 11.1 Å². The number of carbonyl (C=O) groups is 1. The number of aliphatic hydroxyl groups excluding tert-OH is 1. The fourth-order valence-electron chi connectivity index (χ4n) is 4.59. The predicted molar refractivity (Wildman–Crippen MR) is 151 cm³/mol. The molecule has 5 rings (SSSR count). The number of carbonyl (C=O) groups excluding carboxylic acids is 1. The lowest BCUT2D eigenvalue weighted by atomic mass is 9.94. The van der Waals surface area contributed by atoms with Gasteiger partial charge in [-0.05, 0) is 55.7 Å². The quantitative estimate of drug-likeness (QED) is 0.254. The van der Waals surface area contributed by atoms with Crippen molar-refractivity contribution in [2.45, 2.75) is 39.3 Å². The molecule has 0 aliphatic carbocycles. The maximum Gasteiger partial charge on any atom is 0.255 e. The Morgan fingerprint density at radius 1 is 1.10 bits per heavy atom. The molecule has 3 N–H and O–H groups in total. The molecular formula is C30H32N6O4. The van der Waals surface area contributed by atoms with Gasteiger partial charge >= 0.3 is 0 Å². The van der Waals surface area contributed by atoms with Crippen LogP contribution in [0.5, 0.6) is 11.5 Å². The molecule has 4 aromatic rings. The van der Waals surface area contributed by atoms with Gasteiger partial charge in [-0.1, -0.05) is 36.4 Å². The second-order valence-corrected chi connectivity index (χ2v) is 9.30.